The maximum atomic E-state index is 5.95. The fraction of sp³-hybridized carbons (Fsp3) is 0.200. The molecule has 0 aliphatic carbocycles. The summed E-state index contributed by atoms with van der Waals surface area (Å²) in [5.41, 5.74) is 1.46. The summed E-state index contributed by atoms with van der Waals surface area (Å²) in [5, 5.41) is 1.33. The van der Waals surface area contributed by atoms with Crippen molar-refractivity contribution < 1.29 is 13.9 Å². The van der Waals surface area contributed by atoms with Gasteiger partial charge in [-0.15, -0.1) is 0 Å². The van der Waals surface area contributed by atoms with Gasteiger partial charge in [0.1, 0.15) is 17.5 Å². The molecule has 21 heavy (non-hydrogen) atoms. The second-order valence-corrected chi connectivity index (χ2v) is 4.98. The van der Waals surface area contributed by atoms with E-state index in [1.165, 1.54) is 6.33 Å². The summed E-state index contributed by atoms with van der Waals surface area (Å²) >= 11 is 5.95. The largest absolute Gasteiger partial charge is 0.493 e. The van der Waals surface area contributed by atoms with E-state index in [4.69, 9.17) is 25.5 Å². The average molecular weight is 305 g/mol. The Morgan fingerprint density at radius 1 is 1.14 bits per heavy atom. The van der Waals surface area contributed by atoms with Crippen molar-refractivity contribution in [1.29, 1.82) is 0 Å². The van der Waals surface area contributed by atoms with Crippen LogP contribution in [0.25, 0.3) is 11.1 Å². The Hall–Kier alpha value is -2.27. The van der Waals surface area contributed by atoms with Gasteiger partial charge >= 0.3 is 0 Å². The zero-order chi connectivity index (χ0) is 15.0. The van der Waals surface area contributed by atoms with Gasteiger partial charge in [0.2, 0.25) is 11.6 Å². The summed E-state index contributed by atoms with van der Waals surface area (Å²) in [5.74, 6) is 2.28. The van der Waals surface area contributed by atoms with E-state index in [2.05, 4.69) is 9.97 Å². The van der Waals surface area contributed by atoms with Crippen molar-refractivity contribution in [2.45, 2.75) is 13.8 Å². The van der Waals surface area contributed by atoms with E-state index in [-0.39, 0.29) is 0 Å². The number of nitrogens with zero attached hydrogens (tertiary/aromatic N) is 2. The van der Waals surface area contributed by atoms with Crippen LogP contribution in [0.2, 0.25) is 5.02 Å². The van der Waals surface area contributed by atoms with Crippen LogP contribution in [0, 0.1) is 13.8 Å². The normalized spacial score (nSPS) is 10.9. The monoisotopic (exact) mass is 304 g/mol. The number of aryl methyl sites for hydroxylation is 2. The molecular weight excluding hydrogens is 292 g/mol. The Kier molecular flexibility index (Phi) is 3.43. The first-order valence-electron chi connectivity index (χ1n) is 6.32. The van der Waals surface area contributed by atoms with Crippen molar-refractivity contribution in [3.05, 3.63) is 40.9 Å². The van der Waals surface area contributed by atoms with Crippen molar-refractivity contribution in [3.63, 3.8) is 0 Å². The van der Waals surface area contributed by atoms with Crippen molar-refractivity contribution >= 4 is 22.7 Å². The Balaban J connectivity index is 2.10. The molecule has 3 aromatic rings. The highest BCUT2D eigenvalue weighted by Gasteiger charge is 2.16. The molecule has 0 fully saturated rings. The molecule has 0 unspecified atom stereocenters. The molecule has 0 N–H and O–H groups in total. The molecule has 0 spiro atoms. The van der Waals surface area contributed by atoms with Crippen LogP contribution < -0.4 is 9.47 Å². The molecule has 0 radical (unpaired) electrons. The van der Waals surface area contributed by atoms with Crippen LogP contribution in [0.4, 0.5) is 0 Å². The molecule has 108 valence electrons. The predicted octanol–water partition coefficient (Wildman–Crippen LogP) is 4.29. The maximum absolute atomic E-state index is 5.95. The molecule has 0 atom stereocenters. The molecule has 6 heteroatoms. The third-order valence-electron chi connectivity index (χ3n) is 3.26. The van der Waals surface area contributed by atoms with Gasteiger partial charge in [-0.05, 0) is 26.0 Å². The third kappa shape index (κ3) is 2.40. The standard InChI is InChI=1S/C15H13ClN2O3/c1-8-9(2)20-14-13(8)15(18-7-17-14)21-11-5-4-10(16)6-12(11)19-3/h4-7H,1-3H3. The Bertz CT molecular complexity index is 814. The van der Waals surface area contributed by atoms with Gasteiger partial charge in [-0.2, -0.15) is 0 Å². The zero-order valence-corrected chi connectivity index (χ0v) is 12.6. The van der Waals surface area contributed by atoms with Crippen molar-refractivity contribution in [3.8, 4) is 17.4 Å². The van der Waals surface area contributed by atoms with E-state index in [1.807, 2.05) is 13.8 Å². The van der Waals surface area contributed by atoms with Gasteiger partial charge in [-0.3, -0.25) is 0 Å². The highest BCUT2D eigenvalue weighted by atomic mass is 35.5. The first-order valence-corrected chi connectivity index (χ1v) is 6.70. The number of ether oxygens (including phenoxy) is 2. The van der Waals surface area contributed by atoms with Crippen LogP contribution >= 0.6 is 11.6 Å². The van der Waals surface area contributed by atoms with Crippen LogP contribution in [0.5, 0.6) is 17.4 Å². The van der Waals surface area contributed by atoms with Gasteiger partial charge in [0.15, 0.2) is 11.5 Å². The van der Waals surface area contributed by atoms with E-state index in [1.54, 1.807) is 25.3 Å². The Morgan fingerprint density at radius 2 is 1.95 bits per heavy atom. The minimum absolute atomic E-state index is 0.426. The number of hydrogen-bond acceptors (Lipinski definition) is 5. The second-order valence-electron chi connectivity index (χ2n) is 4.54. The fourth-order valence-electron chi connectivity index (χ4n) is 2.06. The smallest absolute Gasteiger partial charge is 0.234 e. The number of furan rings is 1. The minimum atomic E-state index is 0.426. The van der Waals surface area contributed by atoms with Crippen molar-refractivity contribution in [2.75, 3.05) is 7.11 Å². The minimum Gasteiger partial charge on any atom is -0.493 e. The second kappa shape index (κ2) is 5.26. The SMILES string of the molecule is COc1cc(Cl)ccc1Oc1ncnc2oc(C)c(C)c12. The molecule has 0 aliphatic rings. The molecule has 2 aromatic heterocycles. The highest BCUT2D eigenvalue weighted by molar-refractivity contribution is 6.30. The summed E-state index contributed by atoms with van der Waals surface area (Å²) in [6.07, 6.45) is 1.41. The summed E-state index contributed by atoms with van der Waals surface area (Å²) in [4.78, 5) is 8.30. The van der Waals surface area contributed by atoms with Crippen LogP contribution in [0.15, 0.2) is 28.9 Å². The molecule has 3 rings (SSSR count). The molecule has 1 aromatic carbocycles. The fourth-order valence-corrected chi connectivity index (χ4v) is 2.22. The first kappa shape index (κ1) is 13.7. The highest BCUT2D eigenvalue weighted by Crippen LogP contribution is 2.37. The topological polar surface area (TPSA) is 57.4 Å². The summed E-state index contributed by atoms with van der Waals surface area (Å²) in [7, 11) is 1.56. The third-order valence-corrected chi connectivity index (χ3v) is 3.50. The maximum Gasteiger partial charge on any atom is 0.234 e. The van der Waals surface area contributed by atoms with E-state index in [9.17, 15) is 0 Å². The number of fused-ring (bicyclic) bond motifs is 1. The molecule has 0 saturated carbocycles. The number of rotatable bonds is 3. The lowest BCUT2D eigenvalue weighted by Gasteiger charge is -2.10. The van der Waals surface area contributed by atoms with Crippen LogP contribution in [0.1, 0.15) is 11.3 Å². The lowest BCUT2D eigenvalue weighted by atomic mass is 10.2. The quantitative estimate of drug-likeness (QED) is 0.722. The van der Waals surface area contributed by atoms with E-state index >= 15 is 0 Å². The van der Waals surface area contributed by atoms with Crippen LogP contribution in [-0.4, -0.2) is 17.1 Å². The summed E-state index contributed by atoms with van der Waals surface area (Å²) in [6, 6.07) is 5.14. The van der Waals surface area contributed by atoms with Gasteiger partial charge in [0.05, 0.1) is 7.11 Å². The number of aromatic nitrogens is 2. The Morgan fingerprint density at radius 3 is 2.71 bits per heavy atom. The lowest BCUT2D eigenvalue weighted by Crippen LogP contribution is -1.93. The number of methoxy groups -OCH3 is 1. The molecule has 2 heterocycles. The van der Waals surface area contributed by atoms with E-state index < -0.39 is 0 Å². The van der Waals surface area contributed by atoms with Gasteiger partial charge in [0.25, 0.3) is 0 Å². The van der Waals surface area contributed by atoms with Gasteiger partial charge in [0, 0.05) is 16.7 Å². The Labute approximate surface area is 126 Å². The van der Waals surface area contributed by atoms with E-state index in [0.717, 1.165) is 16.7 Å². The lowest BCUT2D eigenvalue weighted by molar-refractivity contribution is 0.375. The number of halogens is 1. The molecule has 0 bridgehead atoms. The van der Waals surface area contributed by atoms with Gasteiger partial charge in [-0.1, -0.05) is 11.6 Å². The molecule has 0 saturated heterocycles. The number of hydrogen-bond donors (Lipinski definition) is 0. The summed E-state index contributed by atoms with van der Waals surface area (Å²) in [6.45, 7) is 3.82. The molecule has 0 aliphatic heterocycles. The summed E-state index contributed by atoms with van der Waals surface area (Å²) < 4.78 is 16.7. The van der Waals surface area contributed by atoms with Crippen LogP contribution in [0.3, 0.4) is 0 Å². The van der Waals surface area contributed by atoms with E-state index in [0.29, 0.717) is 28.1 Å². The molecular formula is C15H13ClN2O3. The predicted molar refractivity (Wildman–Crippen MR) is 79.4 cm³/mol. The van der Waals surface area contributed by atoms with Gasteiger partial charge in [-0.25, -0.2) is 9.97 Å². The molecule has 5 nitrogen and oxygen atoms in total. The van der Waals surface area contributed by atoms with Gasteiger partial charge < -0.3 is 13.9 Å². The van der Waals surface area contributed by atoms with Crippen molar-refractivity contribution in [2.24, 2.45) is 0 Å². The average Bonchev–Trinajstić information content (AvgIpc) is 2.77. The first-order chi connectivity index (χ1) is 10.1. The zero-order valence-electron chi connectivity index (χ0n) is 11.8. The number of benzene rings is 1. The van der Waals surface area contributed by atoms with Crippen molar-refractivity contribution in [1.82, 2.24) is 9.97 Å². The molecule has 0 amide bonds. The van der Waals surface area contributed by atoms with Crippen LogP contribution in [-0.2, 0) is 0 Å².